The fraction of sp³-hybridized carbons (Fsp3) is 0.375. The average Bonchev–Trinajstić information content (AvgIpc) is 2.89. The van der Waals surface area contributed by atoms with Crippen molar-refractivity contribution < 1.29 is 19.0 Å². The largest absolute Gasteiger partial charge is 0.490 e. The molecular weight excluding hydrogens is 462 g/mol. The zero-order valence-electron chi connectivity index (χ0n) is 21.3. The molecule has 0 amide bonds. The molecule has 4 aliphatic rings. The normalized spacial score (nSPS) is 25.8. The van der Waals surface area contributed by atoms with Crippen molar-refractivity contribution in [2.45, 2.75) is 45.4 Å². The summed E-state index contributed by atoms with van der Waals surface area (Å²) in [4.78, 5) is 18.0. The molecule has 7 rings (SSSR count). The van der Waals surface area contributed by atoms with Gasteiger partial charge >= 0.3 is 5.97 Å². The van der Waals surface area contributed by atoms with Crippen molar-refractivity contribution in [3.8, 4) is 23.0 Å². The fourth-order valence-corrected chi connectivity index (χ4v) is 6.90. The minimum atomic E-state index is -0.297. The summed E-state index contributed by atoms with van der Waals surface area (Å²) in [7, 11) is 0. The van der Waals surface area contributed by atoms with Crippen LogP contribution in [0.1, 0.15) is 51.0 Å². The third-order valence-electron chi connectivity index (χ3n) is 8.12. The molecule has 4 fully saturated rings. The maximum Gasteiger partial charge on any atom is 0.317 e. The van der Waals surface area contributed by atoms with Gasteiger partial charge in [0.15, 0.2) is 11.5 Å². The Morgan fingerprint density at radius 2 is 1.51 bits per heavy atom. The smallest absolute Gasteiger partial charge is 0.317 e. The zero-order valence-corrected chi connectivity index (χ0v) is 21.3. The molecule has 4 aliphatic carbocycles. The molecule has 190 valence electrons. The van der Waals surface area contributed by atoms with Crippen LogP contribution in [0.5, 0.6) is 23.0 Å². The number of rotatable bonds is 8. The third kappa shape index (κ3) is 5.13. The Balaban J connectivity index is 1.14. The molecule has 0 aliphatic heterocycles. The van der Waals surface area contributed by atoms with Gasteiger partial charge in [-0.05, 0) is 123 Å². The first-order chi connectivity index (χ1) is 18.1. The van der Waals surface area contributed by atoms with Crippen LogP contribution in [0.15, 0.2) is 77.8 Å². The van der Waals surface area contributed by atoms with Gasteiger partial charge in [-0.3, -0.25) is 9.79 Å². The average molecular weight is 496 g/mol. The summed E-state index contributed by atoms with van der Waals surface area (Å²) in [6.45, 7) is 2.43. The van der Waals surface area contributed by atoms with Crippen LogP contribution in [-0.4, -0.2) is 18.8 Å². The first-order valence-electron chi connectivity index (χ1n) is 13.4. The second-order valence-electron chi connectivity index (χ2n) is 10.9. The Morgan fingerprint density at radius 1 is 0.865 bits per heavy atom. The van der Waals surface area contributed by atoms with Crippen LogP contribution >= 0.6 is 0 Å². The molecule has 3 aromatic carbocycles. The number of nitrogens with zero attached hydrogens (tertiary/aromatic N) is 1. The molecule has 0 N–H and O–H groups in total. The lowest BCUT2D eigenvalue weighted by Crippen LogP contribution is -2.51. The molecule has 3 aromatic rings. The van der Waals surface area contributed by atoms with Gasteiger partial charge in [-0.25, -0.2) is 0 Å². The third-order valence-corrected chi connectivity index (χ3v) is 8.12. The lowest BCUT2D eigenvalue weighted by molar-refractivity contribution is -0.161. The Morgan fingerprint density at radius 3 is 2.16 bits per heavy atom. The van der Waals surface area contributed by atoms with Crippen molar-refractivity contribution in [2.75, 3.05) is 6.61 Å². The van der Waals surface area contributed by atoms with E-state index in [2.05, 4.69) is 4.99 Å². The molecule has 5 heteroatoms. The Labute approximate surface area is 218 Å². The number of carbonyl (C=O) groups excluding carboxylic acids is 1. The monoisotopic (exact) mass is 495 g/mol. The van der Waals surface area contributed by atoms with E-state index in [1.54, 1.807) is 6.21 Å². The second kappa shape index (κ2) is 10.0. The zero-order chi connectivity index (χ0) is 25.2. The van der Waals surface area contributed by atoms with Gasteiger partial charge in [0.2, 0.25) is 0 Å². The van der Waals surface area contributed by atoms with Gasteiger partial charge in [0.1, 0.15) is 11.5 Å². The van der Waals surface area contributed by atoms with E-state index in [-0.39, 0.29) is 11.4 Å². The van der Waals surface area contributed by atoms with Gasteiger partial charge in [-0.1, -0.05) is 18.2 Å². The summed E-state index contributed by atoms with van der Waals surface area (Å²) in [6.07, 6.45) is 8.65. The van der Waals surface area contributed by atoms with Crippen molar-refractivity contribution in [1.29, 1.82) is 0 Å². The lowest BCUT2D eigenvalue weighted by atomic mass is 9.49. The summed E-state index contributed by atoms with van der Waals surface area (Å²) in [5.74, 6) is 4.67. The topological polar surface area (TPSA) is 57.1 Å². The number of benzene rings is 3. The van der Waals surface area contributed by atoms with Gasteiger partial charge in [-0.2, -0.15) is 0 Å². The van der Waals surface area contributed by atoms with Crippen molar-refractivity contribution in [2.24, 2.45) is 28.2 Å². The van der Waals surface area contributed by atoms with Crippen LogP contribution in [0.4, 0.5) is 5.69 Å². The van der Waals surface area contributed by atoms with Gasteiger partial charge < -0.3 is 14.2 Å². The molecule has 0 aromatic heterocycles. The minimum absolute atomic E-state index is 0.0632. The van der Waals surface area contributed by atoms with Crippen LogP contribution < -0.4 is 14.2 Å². The fourth-order valence-electron chi connectivity index (χ4n) is 6.90. The standard InChI is InChI=1S/C32H33NO4/c1-2-35-30-17-22(21-33-26-9-11-28(12-10-26)36-27-6-4-3-5-7-27)8-13-29(30)37-31(34)32-18-23-14-24(19-32)16-25(15-23)20-32/h3-13,17,21,23-25H,2,14-16,18-20H2,1H3. The summed E-state index contributed by atoms with van der Waals surface area (Å²) in [5.41, 5.74) is 1.40. The first kappa shape index (κ1) is 23.8. The van der Waals surface area contributed by atoms with Crippen LogP contribution in [-0.2, 0) is 4.79 Å². The molecule has 0 atom stereocenters. The number of ether oxygens (including phenoxy) is 3. The molecule has 4 saturated carbocycles. The van der Waals surface area contributed by atoms with E-state index < -0.39 is 0 Å². The van der Waals surface area contributed by atoms with E-state index in [0.29, 0.717) is 35.9 Å². The Bertz CT molecular complexity index is 1250. The molecule has 0 radical (unpaired) electrons. The van der Waals surface area contributed by atoms with Gasteiger partial charge in [0.25, 0.3) is 0 Å². The molecule has 37 heavy (non-hydrogen) atoms. The molecule has 0 saturated heterocycles. The van der Waals surface area contributed by atoms with Crippen LogP contribution in [0, 0.1) is 23.2 Å². The summed E-state index contributed by atoms with van der Waals surface area (Å²) >= 11 is 0. The van der Waals surface area contributed by atoms with E-state index >= 15 is 0 Å². The SMILES string of the molecule is CCOc1cc(C=Nc2ccc(Oc3ccccc3)cc2)ccc1OC(=O)C12CC3CC(CC(C3)C1)C2. The number of hydrogen-bond donors (Lipinski definition) is 0. The predicted molar refractivity (Wildman–Crippen MR) is 144 cm³/mol. The maximum atomic E-state index is 13.4. The molecule has 0 spiro atoms. The molecule has 5 nitrogen and oxygen atoms in total. The maximum absolute atomic E-state index is 13.4. The van der Waals surface area contributed by atoms with Crippen LogP contribution in [0.2, 0.25) is 0 Å². The number of aliphatic imine (C=N–C) groups is 1. The van der Waals surface area contributed by atoms with E-state index in [0.717, 1.165) is 42.0 Å². The highest BCUT2D eigenvalue weighted by Crippen LogP contribution is 2.60. The van der Waals surface area contributed by atoms with Crippen molar-refractivity contribution >= 4 is 17.9 Å². The second-order valence-corrected chi connectivity index (χ2v) is 10.9. The highest BCUT2D eigenvalue weighted by Gasteiger charge is 2.55. The number of para-hydroxylation sites is 1. The minimum Gasteiger partial charge on any atom is -0.490 e. The van der Waals surface area contributed by atoms with E-state index in [4.69, 9.17) is 14.2 Å². The van der Waals surface area contributed by atoms with Crippen molar-refractivity contribution in [3.05, 3.63) is 78.4 Å². The van der Waals surface area contributed by atoms with Crippen LogP contribution in [0.25, 0.3) is 0 Å². The number of carbonyl (C=O) groups is 1. The van der Waals surface area contributed by atoms with Gasteiger partial charge in [0, 0.05) is 6.21 Å². The molecule has 0 heterocycles. The van der Waals surface area contributed by atoms with E-state index in [1.807, 2.05) is 79.7 Å². The van der Waals surface area contributed by atoms with Gasteiger partial charge in [0.05, 0.1) is 17.7 Å². The first-order valence-corrected chi connectivity index (χ1v) is 13.4. The molecule has 0 unspecified atom stereocenters. The predicted octanol–water partition coefficient (Wildman–Crippen LogP) is 7.75. The lowest BCUT2D eigenvalue weighted by Gasteiger charge is -2.55. The van der Waals surface area contributed by atoms with Crippen molar-refractivity contribution in [3.63, 3.8) is 0 Å². The molecular formula is C32H33NO4. The van der Waals surface area contributed by atoms with Crippen LogP contribution in [0.3, 0.4) is 0 Å². The summed E-state index contributed by atoms with van der Waals surface area (Å²) in [6, 6.07) is 23.0. The summed E-state index contributed by atoms with van der Waals surface area (Å²) in [5, 5.41) is 0. The Hall–Kier alpha value is -3.60. The summed E-state index contributed by atoms with van der Waals surface area (Å²) < 4.78 is 17.8. The molecule has 4 bridgehead atoms. The quantitative estimate of drug-likeness (QED) is 0.182. The number of hydrogen-bond acceptors (Lipinski definition) is 5. The highest BCUT2D eigenvalue weighted by atomic mass is 16.6. The van der Waals surface area contributed by atoms with E-state index in [9.17, 15) is 4.79 Å². The highest BCUT2D eigenvalue weighted by molar-refractivity contribution is 5.84. The van der Waals surface area contributed by atoms with E-state index in [1.165, 1.54) is 19.3 Å². The van der Waals surface area contributed by atoms with Crippen molar-refractivity contribution in [1.82, 2.24) is 0 Å². The number of esters is 1. The van der Waals surface area contributed by atoms with Gasteiger partial charge in [-0.15, -0.1) is 0 Å². The Kier molecular flexibility index (Phi) is 6.45.